The van der Waals surface area contributed by atoms with Crippen LogP contribution in [-0.2, 0) is 6.54 Å². The largest absolute Gasteiger partial charge is 0.477 e. The Bertz CT molecular complexity index is 592. The minimum absolute atomic E-state index is 0.492. The number of nitrogens with one attached hydrogen (secondary N) is 2. The summed E-state index contributed by atoms with van der Waals surface area (Å²) >= 11 is 0. The highest BCUT2D eigenvalue weighted by Gasteiger charge is 2.22. The van der Waals surface area contributed by atoms with Crippen molar-refractivity contribution in [1.29, 1.82) is 0 Å². The van der Waals surface area contributed by atoms with E-state index in [9.17, 15) is 0 Å². The summed E-state index contributed by atoms with van der Waals surface area (Å²) in [7, 11) is 1.83. The second-order valence-electron chi connectivity index (χ2n) is 7.73. The number of likely N-dealkylation sites (tertiary alicyclic amines) is 1. The first-order chi connectivity index (χ1) is 12.6. The second kappa shape index (κ2) is 9.21. The van der Waals surface area contributed by atoms with Gasteiger partial charge in [0.15, 0.2) is 5.96 Å². The zero-order chi connectivity index (χ0) is 18.4. The van der Waals surface area contributed by atoms with Crippen LogP contribution in [0, 0.1) is 5.92 Å². The summed E-state index contributed by atoms with van der Waals surface area (Å²) in [6.07, 6.45) is 6.72. The van der Waals surface area contributed by atoms with Crippen LogP contribution in [0.25, 0.3) is 0 Å². The van der Waals surface area contributed by atoms with Gasteiger partial charge in [-0.3, -0.25) is 4.99 Å². The lowest BCUT2D eigenvalue weighted by Crippen LogP contribution is -2.49. The Hall–Kier alpha value is -1.82. The molecule has 1 saturated heterocycles. The number of piperidine rings is 1. The average molecular weight is 360 g/mol. The predicted octanol–water partition coefficient (Wildman–Crippen LogP) is 2.41. The Balaban J connectivity index is 1.43. The molecule has 2 fully saturated rings. The molecular formula is C20H33N5O. The van der Waals surface area contributed by atoms with Gasteiger partial charge in [0, 0.05) is 51.0 Å². The smallest absolute Gasteiger partial charge is 0.213 e. The third kappa shape index (κ3) is 5.87. The summed E-state index contributed by atoms with van der Waals surface area (Å²) in [4.78, 5) is 11.2. The van der Waals surface area contributed by atoms with Gasteiger partial charge in [-0.05, 0) is 57.1 Å². The number of aliphatic imine (C=N–C) groups is 1. The van der Waals surface area contributed by atoms with Gasteiger partial charge in [0.25, 0.3) is 0 Å². The van der Waals surface area contributed by atoms with Gasteiger partial charge < -0.3 is 20.3 Å². The molecule has 6 nitrogen and oxygen atoms in total. The monoisotopic (exact) mass is 359 g/mol. The molecule has 1 aliphatic heterocycles. The number of aromatic nitrogens is 1. The van der Waals surface area contributed by atoms with Crippen molar-refractivity contribution >= 4 is 5.96 Å². The van der Waals surface area contributed by atoms with E-state index in [1.165, 1.54) is 12.8 Å². The average Bonchev–Trinajstić information content (AvgIpc) is 3.48. The lowest BCUT2D eigenvalue weighted by Gasteiger charge is -2.35. The number of pyridine rings is 1. The van der Waals surface area contributed by atoms with E-state index in [1.807, 2.05) is 25.4 Å². The molecule has 6 heteroatoms. The van der Waals surface area contributed by atoms with E-state index in [0.717, 1.165) is 55.9 Å². The van der Waals surface area contributed by atoms with Crippen LogP contribution in [-0.4, -0.2) is 54.7 Å². The van der Waals surface area contributed by atoms with E-state index in [2.05, 4.69) is 39.4 Å². The molecule has 2 N–H and O–H groups in total. The molecule has 3 rings (SSSR count). The highest BCUT2D eigenvalue weighted by atomic mass is 16.5. The SMILES string of the molecule is CN=C(NCc1ccnc(OCC2CC2)c1)NC1CCN(C(C)C)CC1. The van der Waals surface area contributed by atoms with Crippen LogP contribution >= 0.6 is 0 Å². The normalized spacial score (nSPS) is 19.6. The maximum absolute atomic E-state index is 5.77. The van der Waals surface area contributed by atoms with Gasteiger partial charge in [-0.25, -0.2) is 4.98 Å². The number of nitrogens with zero attached hydrogens (tertiary/aromatic N) is 3. The molecule has 144 valence electrons. The zero-order valence-corrected chi connectivity index (χ0v) is 16.4. The first-order valence-electron chi connectivity index (χ1n) is 9.93. The van der Waals surface area contributed by atoms with E-state index in [4.69, 9.17) is 4.74 Å². The molecule has 0 radical (unpaired) electrons. The van der Waals surface area contributed by atoms with Gasteiger partial charge in [0.2, 0.25) is 5.88 Å². The highest BCUT2D eigenvalue weighted by molar-refractivity contribution is 5.79. The molecule has 1 aromatic heterocycles. The fourth-order valence-electron chi connectivity index (χ4n) is 3.26. The van der Waals surface area contributed by atoms with Crippen LogP contribution in [0.2, 0.25) is 0 Å². The Morgan fingerprint density at radius 1 is 1.31 bits per heavy atom. The number of ether oxygens (including phenoxy) is 1. The standard InChI is InChI=1S/C20H33N5O/c1-15(2)25-10-7-18(8-11-25)24-20(21-3)23-13-17-6-9-22-19(12-17)26-14-16-4-5-16/h6,9,12,15-16,18H,4-5,7-8,10-11,13-14H2,1-3H3,(H2,21,23,24). The first kappa shape index (κ1) is 19.0. The molecule has 1 aromatic rings. The van der Waals surface area contributed by atoms with E-state index < -0.39 is 0 Å². The van der Waals surface area contributed by atoms with Crippen molar-refractivity contribution in [3.8, 4) is 5.88 Å². The van der Waals surface area contributed by atoms with Gasteiger partial charge in [0.1, 0.15) is 0 Å². The van der Waals surface area contributed by atoms with E-state index >= 15 is 0 Å². The minimum atomic E-state index is 0.492. The number of rotatable bonds is 7. The molecular weight excluding hydrogens is 326 g/mol. The summed E-state index contributed by atoms with van der Waals surface area (Å²) in [5.74, 6) is 2.33. The van der Waals surface area contributed by atoms with Gasteiger partial charge >= 0.3 is 0 Å². The maximum Gasteiger partial charge on any atom is 0.213 e. The van der Waals surface area contributed by atoms with E-state index in [1.54, 1.807) is 0 Å². The molecule has 0 aromatic carbocycles. The van der Waals surface area contributed by atoms with Gasteiger partial charge in [-0.15, -0.1) is 0 Å². The fourth-order valence-corrected chi connectivity index (χ4v) is 3.26. The zero-order valence-electron chi connectivity index (χ0n) is 16.4. The molecule has 0 atom stereocenters. The summed E-state index contributed by atoms with van der Waals surface area (Å²) in [5.41, 5.74) is 1.16. The third-order valence-corrected chi connectivity index (χ3v) is 5.25. The molecule has 2 heterocycles. The third-order valence-electron chi connectivity index (χ3n) is 5.25. The van der Waals surface area contributed by atoms with Gasteiger partial charge in [-0.1, -0.05) is 0 Å². The predicted molar refractivity (Wildman–Crippen MR) is 106 cm³/mol. The Labute approximate surface area is 157 Å². The topological polar surface area (TPSA) is 61.8 Å². The van der Waals surface area contributed by atoms with Crippen LogP contribution in [0.3, 0.4) is 0 Å². The summed E-state index contributed by atoms with van der Waals surface area (Å²) < 4.78 is 5.77. The summed E-state index contributed by atoms with van der Waals surface area (Å²) in [5, 5.41) is 6.98. The molecule has 2 aliphatic rings. The van der Waals surface area contributed by atoms with Crippen LogP contribution in [0.15, 0.2) is 23.3 Å². The van der Waals surface area contributed by atoms with Gasteiger partial charge in [0.05, 0.1) is 6.61 Å². The lowest BCUT2D eigenvalue weighted by molar-refractivity contribution is 0.167. The molecule has 0 spiro atoms. The van der Waals surface area contributed by atoms with Crippen molar-refractivity contribution in [2.24, 2.45) is 10.9 Å². The van der Waals surface area contributed by atoms with E-state index in [-0.39, 0.29) is 0 Å². The fraction of sp³-hybridized carbons (Fsp3) is 0.700. The Morgan fingerprint density at radius 3 is 2.73 bits per heavy atom. The number of hydrogen-bond acceptors (Lipinski definition) is 4. The highest BCUT2D eigenvalue weighted by Crippen LogP contribution is 2.29. The van der Waals surface area contributed by atoms with Crippen LogP contribution < -0.4 is 15.4 Å². The van der Waals surface area contributed by atoms with Crippen molar-refractivity contribution in [3.05, 3.63) is 23.9 Å². The first-order valence-corrected chi connectivity index (χ1v) is 9.93. The van der Waals surface area contributed by atoms with Crippen molar-refractivity contribution in [2.45, 2.75) is 58.2 Å². The van der Waals surface area contributed by atoms with Crippen molar-refractivity contribution in [2.75, 3.05) is 26.7 Å². The van der Waals surface area contributed by atoms with Crippen LogP contribution in [0.4, 0.5) is 0 Å². The van der Waals surface area contributed by atoms with Crippen LogP contribution in [0.1, 0.15) is 45.1 Å². The maximum atomic E-state index is 5.77. The molecule has 1 saturated carbocycles. The van der Waals surface area contributed by atoms with Crippen LogP contribution in [0.5, 0.6) is 5.88 Å². The van der Waals surface area contributed by atoms with Gasteiger partial charge in [-0.2, -0.15) is 0 Å². The van der Waals surface area contributed by atoms with Crippen molar-refractivity contribution < 1.29 is 4.74 Å². The summed E-state index contributed by atoms with van der Waals surface area (Å²) in [6, 6.07) is 5.16. The molecule has 0 bridgehead atoms. The molecule has 0 amide bonds. The quantitative estimate of drug-likeness (QED) is 0.578. The lowest BCUT2D eigenvalue weighted by atomic mass is 10.0. The van der Waals surface area contributed by atoms with E-state index in [0.29, 0.717) is 18.6 Å². The van der Waals surface area contributed by atoms with Crippen molar-refractivity contribution in [1.82, 2.24) is 20.5 Å². The molecule has 0 unspecified atom stereocenters. The Morgan fingerprint density at radius 2 is 2.08 bits per heavy atom. The summed E-state index contributed by atoms with van der Waals surface area (Å²) in [6.45, 7) is 8.35. The Kier molecular flexibility index (Phi) is 6.72. The minimum Gasteiger partial charge on any atom is -0.477 e. The number of guanidine groups is 1. The second-order valence-corrected chi connectivity index (χ2v) is 7.73. The molecule has 1 aliphatic carbocycles. The number of hydrogen-bond donors (Lipinski definition) is 2. The van der Waals surface area contributed by atoms with Crippen molar-refractivity contribution in [3.63, 3.8) is 0 Å². The molecule has 26 heavy (non-hydrogen) atoms.